The summed E-state index contributed by atoms with van der Waals surface area (Å²) in [6.45, 7) is 5.76. The molecule has 1 saturated heterocycles. The van der Waals surface area contributed by atoms with Gasteiger partial charge in [-0.05, 0) is 33.0 Å². The Morgan fingerprint density at radius 2 is 2.28 bits per heavy atom. The molecule has 0 aromatic carbocycles. The summed E-state index contributed by atoms with van der Waals surface area (Å²) < 4.78 is 0. The molecule has 1 atom stereocenters. The summed E-state index contributed by atoms with van der Waals surface area (Å²) in [6, 6.07) is 5.82. The Morgan fingerprint density at radius 3 is 2.89 bits per heavy atom. The molecule has 1 aliphatic heterocycles. The van der Waals surface area contributed by atoms with Crippen molar-refractivity contribution in [1.82, 2.24) is 15.2 Å². The molecule has 4 nitrogen and oxygen atoms in total. The molecule has 0 saturated carbocycles. The first kappa shape index (κ1) is 13.0. The van der Waals surface area contributed by atoms with Crippen LogP contribution in [0.5, 0.6) is 0 Å². The fraction of sp³-hybridized carbons (Fsp3) is 0.571. The monoisotopic (exact) mass is 247 g/mol. The summed E-state index contributed by atoms with van der Waals surface area (Å²) in [7, 11) is 1.93. The van der Waals surface area contributed by atoms with E-state index < -0.39 is 0 Å². The average molecular weight is 247 g/mol. The molecule has 1 fully saturated rings. The van der Waals surface area contributed by atoms with Crippen molar-refractivity contribution in [3.05, 3.63) is 30.1 Å². The molecule has 4 heteroatoms. The fourth-order valence-corrected chi connectivity index (χ4v) is 2.63. The number of hydrogen-bond donors (Lipinski definition) is 1. The molecule has 1 aliphatic rings. The van der Waals surface area contributed by atoms with Gasteiger partial charge in [0.25, 0.3) is 0 Å². The number of nitrogens with one attached hydrogen (secondary N) is 1. The highest BCUT2D eigenvalue weighted by Gasteiger charge is 2.45. The smallest absolute Gasteiger partial charge is 0.223 e. The molecule has 18 heavy (non-hydrogen) atoms. The fourth-order valence-electron chi connectivity index (χ4n) is 2.63. The van der Waals surface area contributed by atoms with Crippen LogP contribution < -0.4 is 5.32 Å². The summed E-state index contributed by atoms with van der Waals surface area (Å²) in [5.41, 5.74) is 0.835. The van der Waals surface area contributed by atoms with Crippen molar-refractivity contribution < 1.29 is 4.79 Å². The molecule has 2 rings (SSSR count). The molecule has 1 unspecified atom stereocenters. The maximum Gasteiger partial charge on any atom is 0.223 e. The van der Waals surface area contributed by atoms with Crippen molar-refractivity contribution in [2.24, 2.45) is 5.92 Å². The first-order chi connectivity index (χ1) is 8.55. The Balaban J connectivity index is 2.15. The number of carbonyl (C=O) groups is 1. The van der Waals surface area contributed by atoms with Crippen LogP contribution in [0.25, 0.3) is 0 Å². The standard InChI is InChI=1S/C14H21N3O/c1-14(2)11(9-15-3)8-13(18)17(14)10-12-6-4-5-7-16-12/h4-7,11,15H,8-10H2,1-3H3. The molecule has 1 aromatic rings. The molecule has 0 aliphatic carbocycles. The predicted molar refractivity (Wildman–Crippen MR) is 70.9 cm³/mol. The van der Waals surface area contributed by atoms with Gasteiger partial charge in [0.15, 0.2) is 0 Å². The minimum atomic E-state index is -0.113. The van der Waals surface area contributed by atoms with Crippen LogP contribution in [0.2, 0.25) is 0 Å². The normalized spacial score (nSPS) is 22.5. The Hall–Kier alpha value is -1.42. The third-order valence-corrected chi connectivity index (χ3v) is 3.91. The Labute approximate surface area is 108 Å². The van der Waals surface area contributed by atoms with Crippen molar-refractivity contribution >= 4 is 5.91 Å². The first-order valence-electron chi connectivity index (χ1n) is 6.40. The lowest BCUT2D eigenvalue weighted by Crippen LogP contribution is -2.45. The van der Waals surface area contributed by atoms with Crippen molar-refractivity contribution in [2.75, 3.05) is 13.6 Å². The van der Waals surface area contributed by atoms with Crippen LogP contribution in [0.3, 0.4) is 0 Å². The molecule has 1 aromatic heterocycles. The van der Waals surface area contributed by atoms with E-state index in [4.69, 9.17) is 0 Å². The van der Waals surface area contributed by atoms with E-state index in [-0.39, 0.29) is 11.4 Å². The molecule has 0 bridgehead atoms. The molecule has 1 amide bonds. The lowest BCUT2D eigenvalue weighted by Gasteiger charge is -2.35. The highest BCUT2D eigenvalue weighted by atomic mass is 16.2. The van der Waals surface area contributed by atoms with Crippen LogP contribution in [0, 0.1) is 5.92 Å². The average Bonchev–Trinajstić information content (AvgIpc) is 2.55. The summed E-state index contributed by atoms with van der Waals surface area (Å²) in [4.78, 5) is 18.4. The maximum atomic E-state index is 12.1. The number of rotatable bonds is 4. The second-order valence-corrected chi connectivity index (χ2v) is 5.41. The molecular weight excluding hydrogens is 226 g/mol. The van der Waals surface area contributed by atoms with E-state index in [1.165, 1.54) is 0 Å². The molecule has 2 heterocycles. The van der Waals surface area contributed by atoms with Gasteiger partial charge in [0.1, 0.15) is 0 Å². The lowest BCUT2D eigenvalue weighted by molar-refractivity contribution is -0.131. The number of amides is 1. The van der Waals surface area contributed by atoms with E-state index in [2.05, 4.69) is 24.1 Å². The van der Waals surface area contributed by atoms with E-state index >= 15 is 0 Å². The van der Waals surface area contributed by atoms with E-state index in [1.54, 1.807) is 6.20 Å². The number of nitrogens with zero attached hydrogens (tertiary/aromatic N) is 2. The van der Waals surface area contributed by atoms with Gasteiger partial charge >= 0.3 is 0 Å². The summed E-state index contributed by atoms with van der Waals surface area (Å²) in [5.74, 6) is 0.588. The van der Waals surface area contributed by atoms with Gasteiger partial charge in [-0.1, -0.05) is 6.07 Å². The van der Waals surface area contributed by atoms with E-state index in [1.807, 2.05) is 30.1 Å². The van der Waals surface area contributed by atoms with Crippen molar-refractivity contribution in [3.63, 3.8) is 0 Å². The SMILES string of the molecule is CNCC1CC(=O)N(Cc2ccccn2)C1(C)C. The van der Waals surface area contributed by atoms with Gasteiger partial charge < -0.3 is 10.2 Å². The van der Waals surface area contributed by atoms with Gasteiger partial charge in [-0.2, -0.15) is 0 Å². The van der Waals surface area contributed by atoms with Crippen LogP contribution >= 0.6 is 0 Å². The largest absolute Gasteiger partial charge is 0.331 e. The molecular formula is C14H21N3O. The Morgan fingerprint density at radius 1 is 1.50 bits per heavy atom. The van der Waals surface area contributed by atoms with Gasteiger partial charge in [0.05, 0.1) is 12.2 Å². The number of pyridine rings is 1. The third kappa shape index (κ3) is 2.38. The predicted octanol–water partition coefficient (Wildman–Crippen LogP) is 1.43. The zero-order valence-electron chi connectivity index (χ0n) is 11.3. The number of hydrogen-bond acceptors (Lipinski definition) is 3. The zero-order valence-corrected chi connectivity index (χ0v) is 11.3. The highest BCUT2D eigenvalue weighted by Crippen LogP contribution is 2.35. The summed E-state index contributed by atoms with van der Waals surface area (Å²) in [5, 5.41) is 3.18. The van der Waals surface area contributed by atoms with E-state index in [0.29, 0.717) is 18.9 Å². The minimum absolute atomic E-state index is 0.113. The number of likely N-dealkylation sites (tertiary alicyclic amines) is 1. The zero-order chi connectivity index (χ0) is 13.2. The van der Waals surface area contributed by atoms with Gasteiger partial charge in [-0.15, -0.1) is 0 Å². The highest BCUT2D eigenvalue weighted by molar-refractivity contribution is 5.80. The van der Waals surface area contributed by atoms with Crippen molar-refractivity contribution in [2.45, 2.75) is 32.4 Å². The Bertz CT molecular complexity index is 416. The van der Waals surface area contributed by atoms with Gasteiger partial charge in [0.2, 0.25) is 5.91 Å². The molecule has 0 spiro atoms. The van der Waals surface area contributed by atoms with Gasteiger partial charge in [0, 0.05) is 30.6 Å². The van der Waals surface area contributed by atoms with Crippen LogP contribution in [0.15, 0.2) is 24.4 Å². The quantitative estimate of drug-likeness (QED) is 0.875. The number of carbonyl (C=O) groups excluding carboxylic acids is 1. The van der Waals surface area contributed by atoms with Gasteiger partial charge in [-0.25, -0.2) is 0 Å². The summed E-state index contributed by atoms with van der Waals surface area (Å²) >= 11 is 0. The van der Waals surface area contributed by atoms with Crippen LogP contribution in [-0.2, 0) is 11.3 Å². The second-order valence-electron chi connectivity index (χ2n) is 5.41. The summed E-state index contributed by atoms with van der Waals surface area (Å²) in [6.07, 6.45) is 2.40. The molecule has 0 radical (unpaired) electrons. The molecule has 98 valence electrons. The minimum Gasteiger partial charge on any atom is -0.331 e. The topological polar surface area (TPSA) is 45.2 Å². The Kier molecular flexibility index (Phi) is 3.66. The third-order valence-electron chi connectivity index (χ3n) is 3.91. The van der Waals surface area contributed by atoms with Crippen LogP contribution in [-0.4, -0.2) is 34.9 Å². The molecule has 1 N–H and O–H groups in total. The van der Waals surface area contributed by atoms with E-state index in [0.717, 1.165) is 12.2 Å². The first-order valence-corrected chi connectivity index (χ1v) is 6.40. The van der Waals surface area contributed by atoms with E-state index in [9.17, 15) is 4.79 Å². The van der Waals surface area contributed by atoms with Crippen LogP contribution in [0.1, 0.15) is 26.0 Å². The maximum absolute atomic E-state index is 12.1. The lowest BCUT2D eigenvalue weighted by atomic mass is 9.88. The van der Waals surface area contributed by atoms with Gasteiger partial charge in [-0.3, -0.25) is 9.78 Å². The van der Waals surface area contributed by atoms with Crippen LogP contribution in [0.4, 0.5) is 0 Å². The van der Waals surface area contributed by atoms with Crippen molar-refractivity contribution in [3.8, 4) is 0 Å². The second kappa shape index (κ2) is 5.06. The van der Waals surface area contributed by atoms with Crippen molar-refractivity contribution in [1.29, 1.82) is 0 Å². The number of aromatic nitrogens is 1.